The normalized spacial score (nSPS) is 17.2. The lowest BCUT2D eigenvalue weighted by Gasteiger charge is -2.13. The molecule has 0 amide bonds. The van der Waals surface area contributed by atoms with Crippen molar-refractivity contribution in [3.05, 3.63) is 47.2 Å². The van der Waals surface area contributed by atoms with E-state index in [-0.39, 0.29) is 6.10 Å². The van der Waals surface area contributed by atoms with Gasteiger partial charge >= 0.3 is 0 Å². The predicted octanol–water partition coefficient (Wildman–Crippen LogP) is 3.30. The number of aromatic nitrogens is 2. The van der Waals surface area contributed by atoms with E-state index in [0.29, 0.717) is 5.95 Å². The third-order valence-electron chi connectivity index (χ3n) is 4.09. The molecular formula is C18H24N4O. The number of hydrogen-bond acceptors (Lipinski definition) is 5. The molecule has 1 atom stereocenters. The average molecular weight is 312 g/mol. The lowest BCUT2D eigenvalue weighted by atomic mass is 10.1. The van der Waals surface area contributed by atoms with Crippen LogP contribution >= 0.6 is 0 Å². The number of hydrogen-bond donors (Lipinski definition) is 2. The maximum Gasteiger partial charge on any atom is 0.224 e. The third-order valence-corrected chi connectivity index (χ3v) is 4.09. The molecule has 1 aliphatic rings. The second-order valence-corrected chi connectivity index (χ2v) is 6.01. The molecule has 1 fully saturated rings. The third kappa shape index (κ3) is 4.42. The van der Waals surface area contributed by atoms with Crippen LogP contribution in [0.1, 0.15) is 29.7 Å². The standard InChI is InChI=1S/C18H24N4O/c1-13-6-3-4-7-15(13)11-19-17-10-14(2)21-18(22-17)20-12-16-8-5-9-23-16/h3-4,6-7,10,16H,5,8-9,11-12H2,1-2H3,(H2,19,20,21,22). The Bertz CT molecular complexity index is 653. The van der Waals surface area contributed by atoms with Crippen molar-refractivity contribution < 1.29 is 4.74 Å². The van der Waals surface area contributed by atoms with Gasteiger partial charge in [-0.3, -0.25) is 0 Å². The summed E-state index contributed by atoms with van der Waals surface area (Å²) in [4.78, 5) is 9.00. The highest BCUT2D eigenvalue weighted by Crippen LogP contribution is 2.15. The minimum absolute atomic E-state index is 0.280. The van der Waals surface area contributed by atoms with Crippen LogP contribution in [0.15, 0.2) is 30.3 Å². The zero-order valence-electron chi connectivity index (χ0n) is 13.8. The quantitative estimate of drug-likeness (QED) is 0.857. The summed E-state index contributed by atoms with van der Waals surface area (Å²) < 4.78 is 5.62. The molecule has 5 heteroatoms. The predicted molar refractivity (Wildman–Crippen MR) is 92.7 cm³/mol. The van der Waals surface area contributed by atoms with Gasteiger partial charge in [-0.1, -0.05) is 24.3 Å². The first-order valence-corrected chi connectivity index (χ1v) is 8.20. The molecule has 122 valence electrons. The van der Waals surface area contributed by atoms with Crippen molar-refractivity contribution in [2.24, 2.45) is 0 Å². The molecule has 1 aromatic heterocycles. The summed E-state index contributed by atoms with van der Waals surface area (Å²) in [6.45, 7) is 6.49. The van der Waals surface area contributed by atoms with Gasteiger partial charge in [0.05, 0.1) is 6.10 Å². The van der Waals surface area contributed by atoms with Gasteiger partial charge in [-0.15, -0.1) is 0 Å². The summed E-state index contributed by atoms with van der Waals surface area (Å²) >= 11 is 0. The van der Waals surface area contributed by atoms with Crippen molar-refractivity contribution in [1.82, 2.24) is 9.97 Å². The Labute approximate surface area is 137 Å². The highest BCUT2D eigenvalue weighted by Gasteiger charge is 2.15. The maximum absolute atomic E-state index is 5.62. The second-order valence-electron chi connectivity index (χ2n) is 6.01. The van der Waals surface area contributed by atoms with Crippen LogP contribution in [0.3, 0.4) is 0 Å². The van der Waals surface area contributed by atoms with Gasteiger partial charge in [-0.2, -0.15) is 4.98 Å². The fourth-order valence-electron chi connectivity index (χ4n) is 2.74. The van der Waals surface area contributed by atoms with E-state index < -0.39 is 0 Å². The van der Waals surface area contributed by atoms with Crippen LogP contribution in [-0.2, 0) is 11.3 Å². The number of nitrogens with one attached hydrogen (secondary N) is 2. The van der Waals surface area contributed by atoms with E-state index in [1.165, 1.54) is 11.1 Å². The Hall–Kier alpha value is -2.14. The van der Waals surface area contributed by atoms with E-state index in [1.54, 1.807) is 0 Å². The summed E-state index contributed by atoms with van der Waals surface area (Å²) in [5, 5.41) is 6.68. The van der Waals surface area contributed by atoms with E-state index in [1.807, 2.05) is 13.0 Å². The monoisotopic (exact) mass is 312 g/mol. The summed E-state index contributed by atoms with van der Waals surface area (Å²) in [5.74, 6) is 1.50. The van der Waals surface area contributed by atoms with Crippen LogP contribution in [0.2, 0.25) is 0 Å². The highest BCUT2D eigenvalue weighted by atomic mass is 16.5. The van der Waals surface area contributed by atoms with Crippen molar-refractivity contribution in [3.8, 4) is 0 Å². The number of aryl methyl sites for hydroxylation is 2. The first kappa shape index (κ1) is 15.7. The van der Waals surface area contributed by atoms with Crippen LogP contribution < -0.4 is 10.6 Å². The fourth-order valence-corrected chi connectivity index (χ4v) is 2.74. The molecular weight excluding hydrogens is 288 g/mol. The molecule has 2 aromatic rings. The minimum Gasteiger partial charge on any atom is -0.376 e. The van der Waals surface area contributed by atoms with Crippen LogP contribution in [0.4, 0.5) is 11.8 Å². The molecule has 1 unspecified atom stereocenters. The van der Waals surface area contributed by atoms with Crippen LogP contribution in [-0.4, -0.2) is 29.2 Å². The van der Waals surface area contributed by atoms with Gasteiger partial charge < -0.3 is 15.4 Å². The van der Waals surface area contributed by atoms with E-state index in [4.69, 9.17) is 4.74 Å². The molecule has 0 aliphatic carbocycles. The van der Waals surface area contributed by atoms with E-state index in [9.17, 15) is 0 Å². The molecule has 1 aliphatic heterocycles. The molecule has 0 spiro atoms. The van der Waals surface area contributed by atoms with Gasteiger partial charge in [0.25, 0.3) is 0 Å². The molecule has 0 saturated carbocycles. The minimum atomic E-state index is 0.280. The molecule has 2 N–H and O–H groups in total. The number of anilines is 2. The number of rotatable bonds is 6. The Morgan fingerprint density at radius 2 is 2.04 bits per heavy atom. The SMILES string of the molecule is Cc1cc(NCc2ccccc2C)nc(NCC2CCCO2)n1. The van der Waals surface area contributed by atoms with Gasteiger partial charge in [-0.05, 0) is 37.8 Å². The molecule has 0 bridgehead atoms. The first-order chi connectivity index (χ1) is 11.2. The Morgan fingerprint density at radius 3 is 2.83 bits per heavy atom. The summed E-state index contributed by atoms with van der Waals surface area (Å²) in [6, 6.07) is 10.3. The molecule has 23 heavy (non-hydrogen) atoms. The molecule has 1 saturated heterocycles. The zero-order valence-corrected chi connectivity index (χ0v) is 13.8. The lowest BCUT2D eigenvalue weighted by molar-refractivity contribution is 0.120. The Kier molecular flexibility index (Phi) is 5.08. The van der Waals surface area contributed by atoms with Crippen LogP contribution in [0.5, 0.6) is 0 Å². The van der Waals surface area contributed by atoms with Gasteiger partial charge in [0, 0.05) is 31.5 Å². The maximum atomic E-state index is 5.62. The van der Waals surface area contributed by atoms with Crippen LogP contribution in [0, 0.1) is 13.8 Å². The highest BCUT2D eigenvalue weighted by molar-refractivity contribution is 5.43. The molecule has 5 nitrogen and oxygen atoms in total. The van der Waals surface area contributed by atoms with Gasteiger partial charge in [0.2, 0.25) is 5.95 Å². The van der Waals surface area contributed by atoms with Crippen molar-refractivity contribution >= 4 is 11.8 Å². The number of benzene rings is 1. The van der Waals surface area contributed by atoms with E-state index >= 15 is 0 Å². The number of nitrogens with zero attached hydrogens (tertiary/aromatic N) is 2. The Morgan fingerprint density at radius 1 is 1.17 bits per heavy atom. The average Bonchev–Trinajstić information content (AvgIpc) is 3.05. The van der Waals surface area contributed by atoms with Gasteiger partial charge in [-0.25, -0.2) is 4.98 Å². The first-order valence-electron chi connectivity index (χ1n) is 8.20. The Balaban J connectivity index is 1.61. The largest absolute Gasteiger partial charge is 0.376 e. The van der Waals surface area contributed by atoms with Gasteiger partial charge in [0.15, 0.2) is 0 Å². The summed E-state index contributed by atoms with van der Waals surface area (Å²) in [6.07, 6.45) is 2.53. The van der Waals surface area contributed by atoms with Crippen molar-refractivity contribution in [1.29, 1.82) is 0 Å². The van der Waals surface area contributed by atoms with Crippen LogP contribution in [0.25, 0.3) is 0 Å². The lowest BCUT2D eigenvalue weighted by Crippen LogP contribution is -2.20. The van der Waals surface area contributed by atoms with E-state index in [2.05, 4.69) is 51.8 Å². The molecule has 3 rings (SSSR count). The van der Waals surface area contributed by atoms with Crippen molar-refractivity contribution in [2.45, 2.75) is 39.3 Å². The second kappa shape index (κ2) is 7.42. The van der Waals surface area contributed by atoms with Crippen molar-refractivity contribution in [2.75, 3.05) is 23.8 Å². The summed E-state index contributed by atoms with van der Waals surface area (Å²) in [7, 11) is 0. The molecule has 0 radical (unpaired) electrons. The molecule has 2 heterocycles. The smallest absolute Gasteiger partial charge is 0.224 e. The summed E-state index contributed by atoms with van der Waals surface area (Å²) in [5.41, 5.74) is 3.50. The van der Waals surface area contributed by atoms with Crippen molar-refractivity contribution in [3.63, 3.8) is 0 Å². The number of ether oxygens (including phenoxy) is 1. The topological polar surface area (TPSA) is 59.1 Å². The van der Waals surface area contributed by atoms with E-state index in [0.717, 1.165) is 44.0 Å². The molecule has 1 aromatic carbocycles. The fraction of sp³-hybridized carbons (Fsp3) is 0.444. The van der Waals surface area contributed by atoms with Gasteiger partial charge in [0.1, 0.15) is 5.82 Å². The zero-order chi connectivity index (χ0) is 16.1.